The standard InChI is InChI=1S/C22H20ClN3OS/c1-15-12-13-26(25-15)19-10-6-17(7-11-19)22(27)24-21(20-3-2-14-28-20)16-4-8-18(23)9-5-16/h2-11,14,21H,12-13H2,1H3,(H,24,27). The summed E-state index contributed by atoms with van der Waals surface area (Å²) in [4.78, 5) is 14.0. The van der Waals surface area contributed by atoms with Crippen molar-refractivity contribution in [2.75, 3.05) is 11.6 Å². The first-order valence-corrected chi connectivity index (χ1v) is 10.4. The molecule has 1 aliphatic heterocycles. The Morgan fingerprint density at radius 1 is 1.14 bits per heavy atom. The number of carbonyl (C=O) groups excluding carboxylic acids is 1. The molecule has 1 unspecified atom stereocenters. The van der Waals surface area contributed by atoms with E-state index in [2.05, 4.69) is 10.4 Å². The molecule has 4 nitrogen and oxygen atoms in total. The first kappa shape index (κ1) is 18.7. The molecule has 4 rings (SSSR count). The van der Waals surface area contributed by atoms with E-state index in [-0.39, 0.29) is 11.9 Å². The van der Waals surface area contributed by atoms with Gasteiger partial charge in [0, 0.05) is 34.1 Å². The van der Waals surface area contributed by atoms with Crippen LogP contribution in [0.2, 0.25) is 5.02 Å². The van der Waals surface area contributed by atoms with E-state index in [1.165, 1.54) is 0 Å². The number of hydrazone groups is 1. The van der Waals surface area contributed by atoms with Crippen molar-refractivity contribution in [3.05, 3.63) is 87.1 Å². The number of nitrogens with zero attached hydrogens (tertiary/aromatic N) is 2. The van der Waals surface area contributed by atoms with E-state index in [1.807, 2.05) is 78.0 Å². The van der Waals surface area contributed by atoms with Gasteiger partial charge in [-0.2, -0.15) is 5.10 Å². The summed E-state index contributed by atoms with van der Waals surface area (Å²) in [5, 5.41) is 12.3. The first-order chi connectivity index (χ1) is 13.6. The van der Waals surface area contributed by atoms with Crippen molar-refractivity contribution >= 4 is 40.2 Å². The van der Waals surface area contributed by atoms with Crippen molar-refractivity contribution in [2.45, 2.75) is 19.4 Å². The third kappa shape index (κ3) is 4.11. The van der Waals surface area contributed by atoms with Gasteiger partial charge in [-0.05, 0) is 60.3 Å². The number of amides is 1. The molecule has 1 N–H and O–H groups in total. The van der Waals surface area contributed by atoms with Gasteiger partial charge in [0.05, 0.1) is 11.7 Å². The molecule has 2 heterocycles. The summed E-state index contributed by atoms with van der Waals surface area (Å²) in [7, 11) is 0. The van der Waals surface area contributed by atoms with Gasteiger partial charge in [-0.3, -0.25) is 9.80 Å². The maximum absolute atomic E-state index is 12.9. The van der Waals surface area contributed by atoms with Gasteiger partial charge in [-0.15, -0.1) is 11.3 Å². The molecule has 6 heteroatoms. The quantitative estimate of drug-likeness (QED) is 0.604. The van der Waals surface area contributed by atoms with Crippen LogP contribution in [0.15, 0.2) is 71.1 Å². The lowest BCUT2D eigenvalue weighted by atomic mass is 10.0. The molecule has 0 saturated carbocycles. The van der Waals surface area contributed by atoms with Crippen LogP contribution < -0.4 is 10.3 Å². The molecule has 0 aliphatic carbocycles. The lowest BCUT2D eigenvalue weighted by Crippen LogP contribution is -2.28. The van der Waals surface area contributed by atoms with Gasteiger partial charge in [-0.1, -0.05) is 29.8 Å². The Labute approximate surface area is 173 Å². The smallest absolute Gasteiger partial charge is 0.252 e. The SMILES string of the molecule is CC1=NN(c2ccc(C(=O)NC(c3ccc(Cl)cc3)c3cccs3)cc2)CC1. The van der Waals surface area contributed by atoms with Gasteiger partial charge in [-0.25, -0.2) is 0 Å². The molecule has 0 fully saturated rings. The van der Waals surface area contributed by atoms with Crippen LogP contribution in [0.1, 0.15) is 40.2 Å². The topological polar surface area (TPSA) is 44.7 Å². The van der Waals surface area contributed by atoms with Crippen LogP contribution in [0.4, 0.5) is 5.69 Å². The molecule has 0 bridgehead atoms. The van der Waals surface area contributed by atoms with Crippen molar-refractivity contribution in [3.63, 3.8) is 0 Å². The second-order valence-corrected chi connectivity index (χ2v) is 8.14. The van der Waals surface area contributed by atoms with Crippen molar-refractivity contribution in [2.24, 2.45) is 5.10 Å². The number of halogens is 1. The van der Waals surface area contributed by atoms with Crippen LogP contribution in [0.5, 0.6) is 0 Å². The minimum atomic E-state index is -0.213. The molecule has 0 spiro atoms. The van der Waals surface area contributed by atoms with Crippen molar-refractivity contribution < 1.29 is 4.79 Å². The predicted molar refractivity (Wildman–Crippen MR) is 117 cm³/mol. The number of hydrogen-bond acceptors (Lipinski definition) is 4. The number of nitrogens with one attached hydrogen (secondary N) is 1. The van der Waals surface area contributed by atoms with E-state index in [4.69, 9.17) is 11.6 Å². The molecule has 142 valence electrons. The number of rotatable bonds is 5. The summed E-state index contributed by atoms with van der Waals surface area (Å²) in [5.41, 5.74) is 3.75. The monoisotopic (exact) mass is 409 g/mol. The van der Waals surface area contributed by atoms with Crippen LogP contribution in [0.3, 0.4) is 0 Å². The van der Waals surface area contributed by atoms with Gasteiger partial charge < -0.3 is 5.32 Å². The Morgan fingerprint density at radius 3 is 2.50 bits per heavy atom. The van der Waals surface area contributed by atoms with Gasteiger partial charge >= 0.3 is 0 Å². The fourth-order valence-electron chi connectivity index (χ4n) is 3.19. The highest BCUT2D eigenvalue weighted by atomic mass is 35.5. The van der Waals surface area contributed by atoms with Gasteiger partial charge in [0.25, 0.3) is 5.91 Å². The number of benzene rings is 2. The zero-order valence-electron chi connectivity index (χ0n) is 15.4. The third-order valence-electron chi connectivity index (χ3n) is 4.71. The zero-order chi connectivity index (χ0) is 19.5. The Balaban J connectivity index is 1.54. The molecule has 0 radical (unpaired) electrons. The second-order valence-electron chi connectivity index (χ2n) is 6.73. The number of hydrogen-bond donors (Lipinski definition) is 1. The zero-order valence-corrected chi connectivity index (χ0v) is 17.0. The van der Waals surface area contributed by atoms with Crippen LogP contribution in [-0.4, -0.2) is 18.2 Å². The van der Waals surface area contributed by atoms with Crippen LogP contribution in [0.25, 0.3) is 0 Å². The highest BCUT2D eigenvalue weighted by Gasteiger charge is 2.19. The summed E-state index contributed by atoms with van der Waals surface area (Å²) >= 11 is 7.64. The largest absolute Gasteiger partial charge is 0.340 e. The van der Waals surface area contributed by atoms with Crippen LogP contribution in [-0.2, 0) is 0 Å². The highest BCUT2D eigenvalue weighted by Crippen LogP contribution is 2.28. The Kier molecular flexibility index (Phi) is 5.46. The molecule has 28 heavy (non-hydrogen) atoms. The third-order valence-corrected chi connectivity index (χ3v) is 5.90. The van der Waals surface area contributed by atoms with Crippen LogP contribution >= 0.6 is 22.9 Å². The van der Waals surface area contributed by atoms with Crippen molar-refractivity contribution in [1.29, 1.82) is 0 Å². The maximum Gasteiger partial charge on any atom is 0.252 e. The van der Waals surface area contributed by atoms with E-state index in [1.54, 1.807) is 11.3 Å². The summed E-state index contributed by atoms with van der Waals surface area (Å²) in [6.45, 7) is 2.91. The highest BCUT2D eigenvalue weighted by molar-refractivity contribution is 7.10. The van der Waals surface area contributed by atoms with Crippen molar-refractivity contribution in [1.82, 2.24) is 5.32 Å². The normalized spacial score (nSPS) is 14.6. The maximum atomic E-state index is 12.9. The summed E-state index contributed by atoms with van der Waals surface area (Å²) in [6.07, 6.45) is 0.978. The van der Waals surface area contributed by atoms with Gasteiger partial charge in [0.1, 0.15) is 0 Å². The summed E-state index contributed by atoms with van der Waals surface area (Å²) < 4.78 is 0. The lowest BCUT2D eigenvalue weighted by Gasteiger charge is -2.19. The molecule has 3 aromatic rings. The minimum Gasteiger partial charge on any atom is -0.340 e. The van der Waals surface area contributed by atoms with E-state index in [9.17, 15) is 4.79 Å². The fourth-order valence-corrected chi connectivity index (χ4v) is 4.12. The average Bonchev–Trinajstić information content (AvgIpc) is 3.39. The summed E-state index contributed by atoms with van der Waals surface area (Å²) in [6, 6.07) is 19.0. The van der Waals surface area contributed by atoms with Crippen LogP contribution in [0, 0.1) is 0 Å². The second kappa shape index (κ2) is 8.17. The lowest BCUT2D eigenvalue weighted by molar-refractivity contribution is 0.0943. The number of anilines is 1. The van der Waals surface area contributed by atoms with Gasteiger partial charge in [0.2, 0.25) is 0 Å². The van der Waals surface area contributed by atoms with Crippen molar-refractivity contribution in [3.8, 4) is 0 Å². The molecular weight excluding hydrogens is 390 g/mol. The Bertz CT molecular complexity index is 982. The predicted octanol–water partition coefficient (Wildman–Crippen LogP) is 5.51. The molecule has 1 amide bonds. The van der Waals surface area contributed by atoms with E-state index < -0.39 is 0 Å². The Hall–Kier alpha value is -2.63. The molecule has 1 atom stereocenters. The first-order valence-electron chi connectivity index (χ1n) is 9.11. The Morgan fingerprint density at radius 2 is 1.89 bits per heavy atom. The molecular formula is C22H20ClN3OS. The van der Waals surface area contributed by atoms with E-state index >= 15 is 0 Å². The summed E-state index contributed by atoms with van der Waals surface area (Å²) in [5.74, 6) is -0.110. The molecule has 2 aromatic carbocycles. The fraction of sp³-hybridized carbons (Fsp3) is 0.182. The molecule has 0 saturated heterocycles. The van der Waals surface area contributed by atoms with E-state index in [0.29, 0.717) is 10.6 Å². The van der Waals surface area contributed by atoms with Gasteiger partial charge in [0.15, 0.2) is 0 Å². The minimum absolute atomic E-state index is 0.110. The number of carbonyl (C=O) groups is 1. The van der Waals surface area contributed by atoms with E-state index in [0.717, 1.165) is 34.8 Å². The molecule has 1 aliphatic rings. The average molecular weight is 410 g/mol. The number of thiophene rings is 1. The molecule has 1 aromatic heterocycles.